The summed E-state index contributed by atoms with van der Waals surface area (Å²) in [5.41, 5.74) is 3.33. The van der Waals surface area contributed by atoms with Gasteiger partial charge in [0.2, 0.25) is 0 Å². The number of hydrogen-bond donors (Lipinski definition) is 1. The second kappa shape index (κ2) is 5.60. The predicted octanol–water partition coefficient (Wildman–Crippen LogP) is 3.20. The van der Waals surface area contributed by atoms with Gasteiger partial charge in [-0.3, -0.25) is 0 Å². The Balaban J connectivity index is 1.77. The molecule has 1 aliphatic heterocycles. The van der Waals surface area contributed by atoms with Gasteiger partial charge in [0.1, 0.15) is 5.65 Å². The van der Waals surface area contributed by atoms with E-state index in [1.807, 2.05) is 26.1 Å². The molecule has 0 atom stereocenters. The minimum absolute atomic E-state index is 0.0810. The summed E-state index contributed by atoms with van der Waals surface area (Å²) in [5, 5.41) is 1.13. The van der Waals surface area contributed by atoms with Crippen molar-refractivity contribution >= 4 is 22.7 Å². The number of pyridine rings is 1. The van der Waals surface area contributed by atoms with Gasteiger partial charge in [0.25, 0.3) is 0 Å². The number of carbonyl (C=O) groups excluding carboxylic acids is 1. The summed E-state index contributed by atoms with van der Waals surface area (Å²) in [4.78, 5) is 21.1. The maximum absolute atomic E-state index is 11.9. The standard InChI is InChI=1S/C16H19N3O2/c1-11(2)21-16(20)19-8-5-12(6-9-19)14-10-18-15-13(14)4-3-7-17-15/h3-5,7,10-11H,6,8-9H2,1-2H3,(H,17,18). The van der Waals surface area contributed by atoms with Gasteiger partial charge in [-0.05, 0) is 38.0 Å². The normalized spacial score (nSPS) is 15.4. The van der Waals surface area contributed by atoms with Gasteiger partial charge in [-0.1, -0.05) is 6.08 Å². The highest BCUT2D eigenvalue weighted by Crippen LogP contribution is 2.28. The highest BCUT2D eigenvalue weighted by atomic mass is 16.6. The Morgan fingerprint density at radius 3 is 3.05 bits per heavy atom. The zero-order chi connectivity index (χ0) is 14.8. The van der Waals surface area contributed by atoms with Crippen LogP contribution in [0, 0.1) is 0 Å². The fourth-order valence-corrected chi connectivity index (χ4v) is 2.58. The average Bonchev–Trinajstić information content (AvgIpc) is 2.90. The summed E-state index contributed by atoms with van der Waals surface area (Å²) < 4.78 is 5.23. The van der Waals surface area contributed by atoms with E-state index in [2.05, 4.69) is 22.1 Å². The van der Waals surface area contributed by atoms with Crippen molar-refractivity contribution in [2.75, 3.05) is 13.1 Å². The summed E-state index contributed by atoms with van der Waals surface area (Å²) in [7, 11) is 0. The van der Waals surface area contributed by atoms with Crippen molar-refractivity contribution in [2.45, 2.75) is 26.4 Å². The van der Waals surface area contributed by atoms with Gasteiger partial charge < -0.3 is 14.6 Å². The largest absolute Gasteiger partial charge is 0.447 e. The molecule has 0 unspecified atom stereocenters. The third-order valence-electron chi connectivity index (χ3n) is 3.60. The molecule has 0 radical (unpaired) electrons. The zero-order valence-corrected chi connectivity index (χ0v) is 12.3. The lowest BCUT2D eigenvalue weighted by Crippen LogP contribution is -2.36. The summed E-state index contributed by atoms with van der Waals surface area (Å²) in [6, 6.07) is 4.00. The second-order valence-corrected chi connectivity index (χ2v) is 5.46. The molecule has 0 fully saturated rings. The Morgan fingerprint density at radius 1 is 1.48 bits per heavy atom. The Labute approximate surface area is 123 Å². The molecule has 21 heavy (non-hydrogen) atoms. The summed E-state index contributed by atoms with van der Waals surface area (Å²) in [6.07, 6.45) is 6.38. The molecule has 1 aliphatic rings. The SMILES string of the molecule is CC(C)OC(=O)N1CC=C(c2c[nH]c3ncccc23)CC1. The molecule has 0 bridgehead atoms. The molecular weight excluding hydrogens is 266 g/mol. The molecule has 0 spiro atoms. The lowest BCUT2D eigenvalue weighted by molar-refractivity contribution is 0.0799. The number of aromatic nitrogens is 2. The number of hydrogen-bond acceptors (Lipinski definition) is 3. The van der Waals surface area contributed by atoms with Crippen LogP contribution in [0.2, 0.25) is 0 Å². The molecule has 1 amide bonds. The predicted molar refractivity (Wildman–Crippen MR) is 81.9 cm³/mol. The Morgan fingerprint density at radius 2 is 2.33 bits per heavy atom. The van der Waals surface area contributed by atoms with Crippen LogP contribution in [0.25, 0.3) is 16.6 Å². The van der Waals surface area contributed by atoms with Gasteiger partial charge in [-0.25, -0.2) is 9.78 Å². The van der Waals surface area contributed by atoms with Crippen LogP contribution in [0.1, 0.15) is 25.8 Å². The number of nitrogens with zero attached hydrogens (tertiary/aromatic N) is 2. The first-order valence-corrected chi connectivity index (χ1v) is 7.22. The molecule has 0 aromatic carbocycles. The lowest BCUT2D eigenvalue weighted by Gasteiger charge is -2.26. The quantitative estimate of drug-likeness (QED) is 0.921. The van der Waals surface area contributed by atoms with E-state index < -0.39 is 0 Å². The molecule has 1 N–H and O–H groups in total. The van der Waals surface area contributed by atoms with Crippen molar-refractivity contribution in [3.05, 3.63) is 36.2 Å². The van der Waals surface area contributed by atoms with E-state index >= 15 is 0 Å². The first-order chi connectivity index (χ1) is 10.1. The molecule has 5 nitrogen and oxygen atoms in total. The van der Waals surface area contributed by atoms with Crippen molar-refractivity contribution in [3.8, 4) is 0 Å². The van der Waals surface area contributed by atoms with Crippen LogP contribution in [0.3, 0.4) is 0 Å². The van der Waals surface area contributed by atoms with Gasteiger partial charge in [0, 0.05) is 36.4 Å². The number of amides is 1. The van der Waals surface area contributed by atoms with Gasteiger partial charge in [0.05, 0.1) is 6.10 Å². The molecule has 110 valence electrons. The highest BCUT2D eigenvalue weighted by Gasteiger charge is 2.21. The van der Waals surface area contributed by atoms with E-state index in [4.69, 9.17) is 4.74 Å². The van der Waals surface area contributed by atoms with Crippen LogP contribution in [0.5, 0.6) is 0 Å². The molecular formula is C16H19N3O2. The van der Waals surface area contributed by atoms with E-state index in [0.29, 0.717) is 13.1 Å². The molecule has 3 rings (SSSR count). The van der Waals surface area contributed by atoms with Gasteiger partial charge in [0.15, 0.2) is 0 Å². The monoisotopic (exact) mass is 285 g/mol. The maximum Gasteiger partial charge on any atom is 0.410 e. The van der Waals surface area contributed by atoms with Crippen LogP contribution < -0.4 is 0 Å². The summed E-state index contributed by atoms with van der Waals surface area (Å²) in [6.45, 7) is 5.00. The Bertz CT molecular complexity index is 688. The lowest BCUT2D eigenvalue weighted by atomic mass is 10.00. The zero-order valence-electron chi connectivity index (χ0n) is 12.3. The number of rotatable bonds is 2. The summed E-state index contributed by atoms with van der Waals surface area (Å²) >= 11 is 0. The van der Waals surface area contributed by atoms with Crippen LogP contribution in [0.15, 0.2) is 30.6 Å². The summed E-state index contributed by atoms with van der Waals surface area (Å²) in [5.74, 6) is 0. The minimum atomic E-state index is -0.235. The van der Waals surface area contributed by atoms with Crippen LogP contribution in [-0.4, -0.2) is 40.2 Å². The molecule has 2 aromatic rings. The first kappa shape index (κ1) is 13.7. The van der Waals surface area contributed by atoms with Crippen molar-refractivity contribution in [1.29, 1.82) is 0 Å². The number of aromatic amines is 1. The van der Waals surface area contributed by atoms with Crippen molar-refractivity contribution in [3.63, 3.8) is 0 Å². The molecule has 0 saturated heterocycles. The Hall–Kier alpha value is -2.30. The topological polar surface area (TPSA) is 58.2 Å². The van der Waals surface area contributed by atoms with Gasteiger partial charge in [-0.2, -0.15) is 0 Å². The fraction of sp³-hybridized carbons (Fsp3) is 0.375. The van der Waals surface area contributed by atoms with Gasteiger partial charge >= 0.3 is 6.09 Å². The number of ether oxygens (including phenoxy) is 1. The van der Waals surface area contributed by atoms with E-state index in [0.717, 1.165) is 17.5 Å². The molecule has 3 heterocycles. The van der Waals surface area contributed by atoms with Gasteiger partial charge in [-0.15, -0.1) is 0 Å². The van der Waals surface area contributed by atoms with Crippen molar-refractivity contribution < 1.29 is 9.53 Å². The maximum atomic E-state index is 11.9. The highest BCUT2D eigenvalue weighted by molar-refractivity contribution is 5.91. The van der Waals surface area contributed by atoms with Crippen molar-refractivity contribution in [1.82, 2.24) is 14.9 Å². The number of nitrogens with one attached hydrogen (secondary N) is 1. The first-order valence-electron chi connectivity index (χ1n) is 7.22. The number of H-pyrrole nitrogens is 1. The molecule has 5 heteroatoms. The molecule has 0 saturated carbocycles. The van der Waals surface area contributed by atoms with Crippen LogP contribution >= 0.6 is 0 Å². The molecule has 2 aromatic heterocycles. The van der Waals surface area contributed by atoms with Crippen LogP contribution in [0.4, 0.5) is 4.79 Å². The third kappa shape index (κ3) is 2.77. The van der Waals surface area contributed by atoms with E-state index in [1.54, 1.807) is 11.1 Å². The van der Waals surface area contributed by atoms with E-state index in [-0.39, 0.29) is 12.2 Å². The van der Waals surface area contributed by atoms with Crippen LogP contribution in [-0.2, 0) is 4.74 Å². The minimum Gasteiger partial charge on any atom is -0.447 e. The number of carbonyl (C=O) groups is 1. The molecule has 0 aliphatic carbocycles. The second-order valence-electron chi connectivity index (χ2n) is 5.46. The smallest absolute Gasteiger partial charge is 0.410 e. The van der Waals surface area contributed by atoms with E-state index in [9.17, 15) is 4.79 Å². The average molecular weight is 285 g/mol. The fourth-order valence-electron chi connectivity index (χ4n) is 2.58. The van der Waals surface area contributed by atoms with E-state index in [1.165, 1.54) is 11.1 Å². The Kier molecular flexibility index (Phi) is 3.64. The number of fused-ring (bicyclic) bond motifs is 1. The third-order valence-corrected chi connectivity index (χ3v) is 3.60. The van der Waals surface area contributed by atoms with Crippen molar-refractivity contribution in [2.24, 2.45) is 0 Å².